The van der Waals surface area contributed by atoms with Crippen molar-refractivity contribution in [1.29, 1.82) is 0 Å². The van der Waals surface area contributed by atoms with Gasteiger partial charge in [0.15, 0.2) is 0 Å². The van der Waals surface area contributed by atoms with Crippen LogP contribution >= 0.6 is 0 Å². The quantitative estimate of drug-likeness (QED) is 0.355. The van der Waals surface area contributed by atoms with Crippen LogP contribution in [0.25, 0.3) is 0 Å². The summed E-state index contributed by atoms with van der Waals surface area (Å²) in [6.07, 6.45) is 10.3. The van der Waals surface area contributed by atoms with Gasteiger partial charge in [0.1, 0.15) is 0 Å². The van der Waals surface area contributed by atoms with Crippen LogP contribution in [0.15, 0.2) is 38.9 Å². The molecular weight excluding hydrogens is 447 g/mol. The smallest absolute Gasteiger partial charge is 1.00 e. The van der Waals surface area contributed by atoms with Crippen molar-refractivity contribution in [1.82, 2.24) is 0 Å². The van der Waals surface area contributed by atoms with E-state index in [-0.39, 0.29) is 37.2 Å². The van der Waals surface area contributed by atoms with Gasteiger partial charge in [0.2, 0.25) is 0 Å². The van der Waals surface area contributed by atoms with E-state index in [0.29, 0.717) is 0 Å². The van der Waals surface area contributed by atoms with Crippen LogP contribution in [0, 0.1) is 13.8 Å². The van der Waals surface area contributed by atoms with Crippen LogP contribution in [0.3, 0.4) is 0 Å². The molecule has 0 heterocycles. The van der Waals surface area contributed by atoms with Crippen molar-refractivity contribution in [3.8, 4) is 0 Å². The van der Waals surface area contributed by atoms with E-state index in [2.05, 4.69) is 79.0 Å². The summed E-state index contributed by atoms with van der Waals surface area (Å²) in [6.45, 7) is 11.8. The van der Waals surface area contributed by atoms with E-state index in [9.17, 15) is 0 Å². The number of hydrogen-bond donors (Lipinski definition) is 0. The van der Waals surface area contributed by atoms with Gasteiger partial charge >= 0.3 is 163 Å². The zero-order valence-electron chi connectivity index (χ0n) is 17.4. The Bertz CT molecular complexity index is 635. The summed E-state index contributed by atoms with van der Waals surface area (Å²) in [6, 6.07) is 8.69. The summed E-state index contributed by atoms with van der Waals surface area (Å²) in [4.78, 5) is 0. The fraction of sp³-hybridized carbons (Fsp3) is 0.545. The minimum Gasteiger partial charge on any atom is -1.00 e. The molecule has 5 heteroatoms. The SMILES string of the molecule is CCCCC1=CC[C]([Ti+3])=C1[Si](C)(CCCC)c1cc(C)cc(C)c1.[Cl-].[Cl-].[Cl-]. The van der Waals surface area contributed by atoms with Gasteiger partial charge in [-0.1, -0.05) is 0 Å². The van der Waals surface area contributed by atoms with Crippen LogP contribution in [0.4, 0.5) is 0 Å². The number of aryl methyl sites for hydroxylation is 2. The number of rotatable bonds is 8. The molecule has 1 aromatic rings. The third kappa shape index (κ3) is 7.36. The zero-order chi connectivity index (χ0) is 17.7. The number of allylic oxidation sites excluding steroid dienone is 4. The Balaban J connectivity index is 0. The maximum Gasteiger partial charge on any atom is -1.00 e. The van der Waals surface area contributed by atoms with Crippen molar-refractivity contribution in [3.05, 3.63) is 50.0 Å². The van der Waals surface area contributed by atoms with Crippen LogP contribution in [-0.4, -0.2) is 8.07 Å². The Morgan fingerprint density at radius 2 is 1.48 bits per heavy atom. The van der Waals surface area contributed by atoms with Gasteiger partial charge < -0.3 is 37.2 Å². The molecule has 0 fully saturated rings. The molecule has 1 aliphatic rings. The Morgan fingerprint density at radius 3 is 2.00 bits per heavy atom. The first kappa shape index (κ1) is 29.7. The summed E-state index contributed by atoms with van der Waals surface area (Å²) < 4.78 is 1.66. The second-order valence-electron chi connectivity index (χ2n) is 7.70. The van der Waals surface area contributed by atoms with E-state index in [1.807, 2.05) is 0 Å². The minimum absolute atomic E-state index is 0. The molecule has 1 atom stereocenters. The molecule has 2 rings (SSSR count). The molecule has 1 aromatic carbocycles. The van der Waals surface area contributed by atoms with Gasteiger partial charge in [-0.3, -0.25) is 0 Å². The van der Waals surface area contributed by atoms with Crippen molar-refractivity contribution in [3.63, 3.8) is 0 Å². The molecule has 150 valence electrons. The Morgan fingerprint density at radius 1 is 0.926 bits per heavy atom. The molecule has 0 saturated heterocycles. The fourth-order valence-electron chi connectivity index (χ4n) is 4.14. The summed E-state index contributed by atoms with van der Waals surface area (Å²) in [5.74, 6) is 0. The molecule has 0 aliphatic heterocycles. The molecule has 0 saturated carbocycles. The largest absolute Gasteiger partial charge is 1.00 e. The van der Waals surface area contributed by atoms with Crippen molar-refractivity contribution in [2.45, 2.75) is 78.8 Å². The number of unbranched alkanes of at least 4 members (excludes halogenated alkanes) is 2. The number of halogens is 3. The van der Waals surface area contributed by atoms with Crippen molar-refractivity contribution >= 4 is 13.3 Å². The van der Waals surface area contributed by atoms with Crippen LogP contribution < -0.4 is 42.4 Å². The number of hydrogen-bond acceptors (Lipinski definition) is 0. The summed E-state index contributed by atoms with van der Waals surface area (Å²) in [7, 11) is -1.64. The molecule has 1 unspecified atom stereocenters. The van der Waals surface area contributed by atoms with E-state index in [1.54, 1.807) is 19.8 Å². The number of benzene rings is 1. The van der Waals surface area contributed by atoms with Gasteiger partial charge in [-0.2, -0.15) is 0 Å². The fourth-order valence-corrected chi connectivity index (χ4v) is 10.5. The van der Waals surface area contributed by atoms with Gasteiger partial charge in [-0.15, -0.1) is 0 Å². The molecule has 1 aliphatic carbocycles. The maximum absolute atomic E-state index is 2.64. The molecule has 0 N–H and O–H groups in total. The van der Waals surface area contributed by atoms with E-state index in [1.165, 1.54) is 55.7 Å². The first-order valence-corrected chi connectivity index (χ1v) is 13.1. The van der Waals surface area contributed by atoms with Gasteiger partial charge in [0, 0.05) is 0 Å². The van der Waals surface area contributed by atoms with E-state index in [0.717, 1.165) is 0 Å². The summed E-state index contributed by atoms with van der Waals surface area (Å²) >= 11 is 2.39. The molecule has 0 nitrogen and oxygen atoms in total. The van der Waals surface area contributed by atoms with Crippen LogP contribution in [0.2, 0.25) is 12.6 Å². The third-order valence-corrected chi connectivity index (χ3v) is 11.2. The average Bonchev–Trinajstić information content (AvgIpc) is 2.91. The van der Waals surface area contributed by atoms with E-state index in [4.69, 9.17) is 0 Å². The first-order chi connectivity index (χ1) is 11.4. The van der Waals surface area contributed by atoms with Crippen molar-refractivity contribution in [2.75, 3.05) is 0 Å². The van der Waals surface area contributed by atoms with E-state index >= 15 is 0 Å². The second kappa shape index (κ2) is 13.7. The molecule has 0 amide bonds. The summed E-state index contributed by atoms with van der Waals surface area (Å²) in [5, 5.41) is 3.46. The monoisotopic (exact) mass is 478 g/mol. The van der Waals surface area contributed by atoms with Gasteiger partial charge in [-0.05, 0) is 0 Å². The molecule has 27 heavy (non-hydrogen) atoms. The molecule has 0 aromatic heterocycles. The molecule has 0 radical (unpaired) electrons. The van der Waals surface area contributed by atoms with Crippen molar-refractivity contribution < 1.29 is 57.7 Å². The first-order valence-electron chi connectivity index (χ1n) is 9.65. The van der Waals surface area contributed by atoms with Crippen LogP contribution in [0.1, 0.15) is 63.5 Å². The average molecular weight is 480 g/mol. The normalized spacial score (nSPS) is 15.3. The zero-order valence-corrected chi connectivity index (χ0v) is 22.2. The molecular formula is C22H33Cl3SiTi. The maximum atomic E-state index is 2.64. The van der Waals surface area contributed by atoms with Gasteiger partial charge in [0.25, 0.3) is 0 Å². The predicted molar refractivity (Wildman–Crippen MR) is 106 cm³/mol. The second-order valence-corrected chi connectivity index (χ2v) is 12.9. The summed E-state index contributed by atoms with van der Waals surface area (Å²) in [5.41, 5.74) is 4.55. The standard InChI is InChI=1S/C22H33Si.3ClH.Ti/c1-6-8-11-20-12-10-13-22(20)23(5,14-9-7-2)21-16-18(3)15-19(4)17-21;;;;/h12,15-17H,6-11,14H2,1-5H3;3*1H;/q;;;;+3/p-3. The topological polar surface area (TPSA) is 0 Å². The Labute approximate surface area is 198 Å². The van der Waals surface area contributed by atoms with Gasteiger partial charge in [-0.25, -0.2) is 0 Å². The van der Waals surface area contributed by atoms with Crippen molar-refractivity contribution in [2.24, 2.45) is 0 Å². The minimum atomic E-state index is -1.64. The third-order valence-electron chi connectivity index (χ3n) is 5.42. The Hall–Kier alpha value is 0.501. The van der Waals surface area contributed by atoms with Gasteiger partial charge in [0.05, 0.1) is 0 Å². The molecule has 0 spiro atoms. The van der Waals surface area contributed by atoms with Crippen LogP contribution in [0.5, 0.6) is 0 Å². The van der Waals surface area contributed by atoms with Crippen LogP contribution in [-0.2, 0) is 20.4 Å². The predicted octanol–water partition coefficient (Wildman–Crippen LogP) is -2.74. The molecule has 0 bridgehead atoms. The van der Waals surface area contributed by atoms with E-state index < -0.39 is 8.07 Å². The Kier molecular flexibility index (Phi) is 15.0.